The van der Waals surface area contributed by atoms with Crippen LogP contribution in [0.3, 0.4) is 0 Å². The Morgan fingerprint density at radius 3 is 2.62 bits per heavy atom. The van der Waals surface area contributed by atoms with E-state index in [0.717, 1.165) is 5.56 Å². The van der Waals surface area contributed by atoms with Crippen LogP contribution in [-0.2, 0) is 9.53 Å². The molecule has 0 bridgehead atoms. The van der Waals surface area contributed by atoms with Gasteiger partial charge in [-0.1, -0.05) is 13.0 Å². The third-order valence-electron chi connectivity index (χ3n) is 4.49. The summed E-state index contributed by atoms with van der Waals surface area (Å²) >= 11 is 0. The van der Waals surface area contributed by atoms with Gasteiger partial charge in [0.1, 0.15) is 17.6 Å². The number of likely N-dealkylation sites (tertiary alicyclic amines) is 1. The fourth-order valence-electron chi connectivity index (χ4n) is 3.62. The van der Waals surface area contributed by atoms with Gasteiger partial charge in [0, 0.05) is 24.7 Å². The number of carboxylic acids is 1. The molecule has 6 heteroatoms. The SMILES string of the molecule is CCC[N+]1(C(=O)OC(C)(C)C)CCC(c2cccnc2)C1C(=O)[O-]. The second kappa shape index (κ2) is 6.89. The van der Waals surface area contributed by atoms with E-state index in [1.807, 2.05) is 13.0 Å². The van der Waals surface area contributed by atoms with Crippen molar-refractivity contribution in [3.63, 3.8) is 0 Å². The third-order valence-corrected chi connectivity index (χ3v) is 4.49. The van der Waals surface area contributed by atoms with Gasteiger partial charge < -0.3 is 14.6 Å². The van der Waals surface area contributed by atoms with Crippen LogP contribution in [0.15, 0.2) is 24.5 Å². The molecule has 2 heterocycles. The largest absolute Gasteiger partial charge is 0.544 e. The number of aromatic nitrogens is 1. The van der Waals surface area contributed by atoms with E-state index in [2.05, 4.69) is 4.98 Å². The normalized spacial score (nSPS) is 27.0. The molecular formula is C18H26N2O4. The maximum Gasteiger partial charge on any atom is 0.517 e. The summed E-state index contributed by atoms with van der Waals surface area (Å²) in [6, 6.07) is 2.68. The molecule has 1 aliphatic heterocycles. The van der Waals surface area contributed by atoms with Gasteiger partial charge >= 0.3 is 6.09 Å². The second-order valence-corrected chi connectivity index (χ2v) is 7.41. The van der Waals surface area contributed by atoms with Crippen LogP contribution in [0.1, 0.15) is 52.0 Å². The van der Waals surface area contributed by atoms with Crippen molar-refractivity contribution in [2.24, 2.45) is 0 Å². The smallest absolute Gasteiger partial charge is 0.517 e. The zero-order chi connectivity index (χ0) is 18.0. The topological polar surface area (TPSA) is 79.3 Å². The van der Waals surface area contributed by atoms with E-state index >= 15 is 0 Å². The fraction of sp³-hybridized carbons (Fsp3) is 0.611. The molecule has 3 atom stereocenters. The van der Waals surface area contributed by atoms with Gasteiger partial charge in [-0.15, -0.1) is 0 Å². The second-order valence-electron chi connectivity index (χ2n) is 7.41. The molecule has 132 valence electrons. The number of nitrogens with zero attached hydrogens (tertiary/aromatic N) is 2. The summed E-state index contributed by atoms with van der Waals surface area (Å²) in [6.45, 7) is 8.15. The Morgan fingerprint density at radius 2 is 2.12 bits per heavy atom. The minimum atomic E-state index is -1.21. The number of hydrogen-bond acceptors (Lipinski definition) is 5. The molecule has 1 fully saturated rings. The first-order valence-electron chi connectivity index (χ1n) is 8.42. The number of amides is 1. The minimum absolute atomic E-state index is 0.213. The highest BCUT2D eigenvalue weighted by atomic mass is 16.6. The van der Waals surface area contributed by atoms with Crippen molar-refractivity contribution >= 4 is 12.1 Å². The standard InChI is InChI=1S/C18H26N2O4/c1-5-10-20(17(23)24-18(2,3)4)11-8-14(15(20)16(21)22)13-7-6-9-19-12-13/h6-7,9,12,14-15H,5,8,10-11H2,1-4H3. The molecule has 3 unspecified atom stereocenters. The van der Waals surface area contributed by atoms with E-state index in [-0.39, 0.29) is 10.4 Å². The number of quaternary nitrogens is 1. The number of carbonyl (C=O) groups excluding carboxylic acids is 2. The summed E-state index contributed by atoms with van der Waals surface area (Å²) in [6.07, 6.45) is 4.10. The van der Waals surface area contributed by atoms with Crippen LogP contribution in [0, 0.1) is 0 Å². The average molecular weight is 334 g/mol. The van der Waals surface area contributed by atoms with Crippen molar-refractivity contribution < 1.29 is 23.9 Å². The minimum Gasteiger partial charge on any atom is -0.544 e. The van der Waals surface area contributed by atoms with Crippen molar-refractivity contribution in [2.45, 2.75) is 58.1 Å². The van der Waals surface area contributed by atoms with Crippen LogP contribution >= 0.6 is 0 Å². The van der Waals surface area contributed by atoms with E-state index in [4.69, 9.17) is 4.74 Å². The first kappa shape index (κ1) is 18.4. The predicted octanol–water partition coefficient (Wildman–Crippen LogP) is 1.85. The summed E-state index contributed by atoms with van der Waals surface area (Å²) < 4.78 is 5.36. The third kappa shape index (κ3) is 3.59. The molecule has 1 aliphatic rings. The van der Waals surface area contributed by atoms with Gasteiger partial charge in [0.2, 0.25) is 0 Å². The van der Waals surface area contributed by atoms with Gasteiger partial charge in [-0.25, -0.2) is 4.48 Å². The molecule has 24 heavy (non-hydrogen) atoms. The van der Waals surface area contributed by atoms with Crippen LogP contribution in [0.2, 0.25) is 0 Å². The predicted molar refractivity (Wildman–Crippen MR) is 86.9 cm³/mol. The Hall–Kier alpha value is -1.95. The number of carboxylic acid groups (broad SMARTS) is 1. The molecule has 6 nitrogen and oxygen atoms in total. The fourth-order valence-corrected chi connectivity index (χ4v) is 3.62. The van der Waals surface area contributed by atoms with Crippen LogP contribution in [0.5, 0.6) is 0 Å². The van der Waals surface area contributed by atoms with Crippen LogP contribution in [0.4, 0.5) is 4.79 Å². The number of pyridine rings is 1. The van der Waals surface area contributed by atoms with Gasteiger partial charge in [0.15, 0.2) is 0 Å². The lowest BCUT2D eigenvalue weighted by atomic mass is 9.92. The van der Waals surface area contributed by atoms with Gasteiger partial charge in [-0.2, -0.15) is 4.79 Å². The molecule has 1 saturated heterocycles. The van der Waals surface area contributed by atoms with Gasteiger partial charge in [-0.3, -0.25) is 4.98 Å². The van der Waals surface area contributed by atoms with E-state index < -0.39 is 23.7 Å². The Balaban J connectivity index is 2.43. The molecule has 0 aliphatic carbocycles. The molecule has 0 aromatic carbocycles. The quantitative estimate of drug-likeness (QED) is 0.785. The van der Waals surface area contributed by atoms with Crippen molar-refractivity contribution in [1.29, 1.82) is 0 Å². The molecule has 2 rings (SSSR count). The number of ether oxygens (including phenoxy) is 1. The van der Waals surface area contributed by atoms with E-state index in [1.165, 1.54) is 0 Å². The zero-order valence-electron chi connectivity index (χ0n) is 14.8. The average Bonchev–Trinajstić information content (AvgIpc) is 2.88. The Bertz CT molecular complexity index is 597. The number of aliphatic carboxylic acids is 1. The van der Waals surface area contributed by atoms with Crippen molar-refractivity contribution in [1.82, 2.24) is 4.98 Å². The number of hydrogen-bond donors (Lipinski definition) is 0. The van der Waals surface area contributed by atoms with E-state index in [1.54, 1.807) is 39.2 Å². The molecule has 1 aromatic rings. The molecular weight excluding hydrogens is 308 g/mol. The lowest BCUT2D eigenvalue weighted by Crippen LogP contribution is -2.63. The van der Waals surface area contributed by atoms with Crippen molar-refractivity contribution in [2.75, 3.05) is 13.1 Å². The molecule has 0 N–H and O–H groups in total. The molecule has 0 spiro atoms. The Labute approximate surface area is 143 Å². The van der Waals surface area contributed by atoms with E-state index in [0.29, 0.717) is 25.9 Å². The maximum absolute atomic E-state index is 12.9. The number of carbonyl (C=O) groups is 2. The monoisotopic (exact) mass is 334 g/mol. The van der Waals surface area contributed by atoms with Gasteiger partial charge in [-0.05, 0) is 38.8 Å². The van der Waals surface area contributed by atoms with Crippen LogP contribution in [0.25, 0.3) is 0 Å². The van der Waals surface area contributed by atoms with Crippen LogP contribution < -0.4 is 5.11 Å². The van der Waals surface area contributed by atoms with Crippen molar-refractivity contribution in [3.8, 4) is 0 Å². The number of rotatable bonds is 4. The maximum atomic E-state index is 12.9. The highest BCUT2D eigenvalue weighted by molar-refractivity contribution is 5.75. The summed E-state index contributed by atoms with van der Waals surface area (Å²) in [5.74, 6) is -1.51. The molecule has 1 amide bonds. The Morgan fingerprint density at radius 1 is 1.42 bits per heavy atom. The highest BCUT2D eigenvalue weighted by Crippen LogP contribution is 2.40. The van der Waals surface area contributed by atoms with Gasteiger partial charge in [0.05, 0.1) is 13.1 Å². The van der Waals surface area contributed by atoms with Crippen LogP contribution in [-0.4, -0.2) is 46.3 Å². The first-order valence-corrected chi connectivity index (χ1v) is 8.42. The molecule has 0 radical (unpaired) electrons. The molecule has 0 saturated carbocycles. The summed E-state index contributed by atoms with van der Waals surface area (Å²) in [7, 11) is 0. The van der Waals surface area contributed by atoms with Crippen molar-refractivity contribution in [3.05, 3.63) is 30.1 Å². The van der Waals surface area contributed by atoms with Gasteiger partial charge in [0.25, 0.3) is 0 Å². The first-order chi connectivity index (χ1) is 11.2. The summed E-state index contributed by atoms with van der Waals surface area (Å²) in [5.41, 5.74) is 0.158. The Kier molecular flexibility index (Phi) is 5.28. The highest BCUT2D eigenvalue weighted by Gasteiger charge is 2.56. The lowest BCUT2D eigenvalue weighted by Gasteiger charge is -2.39. The zero-order valence-corrected chi connectivity index (χ0v) is 14.8. The summed E-state index contributed by atoms with van der Waals surface area (Å²) in [4.78, 5) is 29.0. The molecule has 1 aromatic heterocycles. The lowest BCUT2D eigenvalue weighted by molar-refractivity contribution is -0.865. The van der Waals surface area contributed by atoms with E-state index in [9.17, 15) is 14.7 Å². The summed E-state index contributed by atoms with van der Waals surface area (Å²) in [5, 5.41) is 12.0.